The Kier molecular flexibility index (Phi) is 8.48. The van der Waals surface area contributed by atoms with Crippen LogP contribution in [0.1, 0.15) is 12.8 Å². The van der Waals surface area contributed by atoms with E-state index in [1.54, 1.807) is 0 Å². The molecule has 0 aliphatic rings. The largest absolute Gasteiger partial charge is 0.463 e. The van der Waals surface area contributed by atoms with E-state index >= 15 is 0 Å². The third-order valence-electron chi connectivity index (χ3n) is 2.76. The first-order valence-electron chi connectivity index (χ1n) is 5.83. The second-order valence-electron chi connectivity index (χ2n) is 4.06. The first-order valence-corrected chi connectivity index (χ1v) is 5.83. The molecule has 0 heterocycles. The maximum Gasteiger partial charge on any atom is 0.330 e. The molecular formula is C13H20O6. The summed E-state index contributed by atoms with van der Waals surface area (Å²) in [5, 5.41) is 18.7. The number of hydrogen-bond donors (Lipinski definition) is 2. The smallest absolute Gasteiger partial charge is 0.330 e. The van der Waals surface area contributed by atoms with Crippen molar-refractivity contribution in [1.82, 2.24) is 0 Å². The van der Waals surface area contributed by atoms with Crippen molar-refractivity contribution in [2.24, 2.45) is 5.41 Å². The highest BCUT2D eigenvalue weighted by Gasteiger charge is 2.29. The van der Waals surface area contributed by atoms with Crippen LogP contribution in [0.5, 0.6) is 0 Å². The molecule has 2 N–H and O–H groups in total. The van der Waals surface area contributed by atoms with E-state index in [1.807, 2.05) is 0 Å². The van der Waals surface area contributed by atoms with Gasteiger partial charge in [-0.05, 0) is 12.8 Å². The van der Waals surface area contributed by atoms with E-state index in [1.165, 1.54) is 0 Å². The Bertz CT molecular complexity index is 291. The highest BCUT2D eigenvalue weighted by Crippen LogP contribution is 2.25. The van der Waals surface area contributed by atoms with E-state index in [0.29, 0.717) is 0 Å². The summed E-state index contributed by atoms with van der Waals surface area (Å²) in [7, 11) is 0. The summed E-state index contributed by atoms with van der Waals surface area (Å²) < 4.78 is 9.59. The van der Waals surface area contributed by atoms with Crippen LogP contribution in [-0.4, -0.2) is 48.6 Å². The van der Waals surface area contributed by atoms with Gasteiger partial charge in [0.15, 0.2) is 0 Å². The van der Waals surface area contributed by atoms with Crippen molar-refractivity contribution < 1.29 is 29.3 Å². The van der Waals surface area contributed by atoms with Crippen LogP contribution in [-0.2, 0) is 19.1 Å². The molecule has 6 heteroatoms. The molecule has 0 rings (SSSR count). The molecule has 0 saturated heterocycles. The SMILES string of the molecule is C=CC(=O)OCCC(CO)(CO)CCOC(=O)C=C. The number of esters is 2. The average Bonchev–Trinajstić information content (AvgIpc) is 2.45. The Morgan fingerprint density at radius 1 is 0.947 bits per heavy atom. The number of rotatable bonds is 10. The Balaban J connectivity index is 4.24. The zero-order valence-electron chi connectivity index (χ0n) is 10.8. The molecule has 0 aromatic heterocycles. The van der Waals surface area contributed by atoms with E-state index in [9.17, 15) is 19.8 Å². The molecule has 0 aliphatic heterocycles. The average molecular weight is 272 g/mol. The Morgan fingerprint density at radius 3 is 1.58 bits per heavy atom. The molecule has 0 amide bonds. The molecule has 0 aromatic rings. The maximum atomic E-state index is 10.9. The molecule has 0 radical (unpaired) electrons. The van der Waals surface area contributed by atoms with Gasteiger partial charge in [-0.1, -0.05) is 13.2 Å². The van der Waals surface area contributed by atoms with Gasteiger partial charge in [-0.25, -0.2) is 9.59 Å². The number of aliphatic hydroxyl groups is 2. The molecule has 0 unspecified atom stereocenters. The van der Waals surface area contributed by atoms with Crippen LogP contribution in [0.15, 0.2) is 25.3 Å². The molecule has 6 nitrogen and oxygen atoms in total. The number of aliphatic hydroxyl groups excluding tert-OH is 2. The first kappa shape index (κ1) is 17.3. The standard InChI is InChI=1S/C13H20O6/c1-3-11(16)18-7-5-13(9-14,10-15)6-8-19-12(17)4-2/h3-4,14-15H,1-2,5-10H2. The zero-order chi connectivity index (χ0) is 14.7. The molecule has 0 bridgehead atoms. The van der Waals surface area contributed by atoms with Crippen LogP contribution < -0.4 is 0 Å². The maximum absolute atomic E-state index is 10.9. The summed E-state index contributed by atoms with van der Waals surface area (Å²) in [6, 6.07) is 0. The highest BCUT2D eigenvalue weighted by atomic mass is 16.5. The summed E-state index contributed by atoms with van der Waals surface area (Å²) in [6.07, 6.45) is 2.58. The molecular weight excluding hydrogens is 252 g/mol. The van der Waals surface area contributed by atoms with Crippen molar-refractivity contribution in [3.63, 3.8) is 0 Å². The van der Waals surface area contributed by atoms with Gasteiger partial charge >= 0.3 is 11.9 Å². The fourth-order valence-corrected chi connectivity index (χ4v) is 1.35. The number of carbonyl (C=O) groups is 2. The second-order valence-corrected chi connectivity index (χ2v) is 4.06. The lowest BCUT2D eigenvalue weighted by molar-refractivity contribution is -0.140. The van der Waals surface area contributed by atoms with E-state index in [2.05, 4.69) is 13.2 Å². The third kappa shape index (κ3) is 6.73. The minimum Gasteiger partial charge on any atom is -0.463 e. The van der Waals surface area contributed by atoms with Crippen LogP contribution in [0.25, 0.3) is 0 Å². The molecule has 0 saturated carbocycles. The topological polar surface area (TPSA) is 93.1 Å². The lowest BCUT2D eigenvalue weighted by Crippen LogP contribution is -2.33. The van der Waals surface area contributed by atoms with E-state index in [4.69, 9.17) is 9.47 Å². The van der Waals surface area contributed by atoms with Gasteiger partial charge in [-0.15, -0.1) is 0 Å². The molecule has 0 spiro atoms. The van der Waals surface area contributed by atoms with Crippen LogP contribution in [0.3, 0.4) is 0 Å². The van der Waals surface area contributed by atoms with Gasteiger partial charge in [-0.2, -0.15) is 0 Å². The predicted octanol–water partition coefficient (Wildman–Crippen LogP) is 0.196. The van der Waals surface area contributed by atoms with Gasteiger partial charge in [-0.3, -0.25) is 0 Å². The van der Waals surface area contributed by atoms with E-state index < -0.39 is 17.4 Å². The van der Waals surface area contributed by atoms with E-state index in [0.717, 1.165) is 12.2 Å². The number of ether oxygens (including phenoxy) is 2. The molecule has 19 heavy (non-hydrogen) atoms. The van der Waals surface area contributed by atoms with Crippen LogP contribution in [0.2, 0.25) is 0 Å². The van der Waals surface area contributed by atoms with Gasteiger partial charge < -0.3 is 19.7 Å². The number of carbonyl (C=O) groups excluding carboxylic acids is 2. The van der Waals surface area contributed by atoms with Crippen LogP contribution in [0, 0.1) is 5.41 Å². The van der Waals surface area contributed by atoms with Gasteiger partial charge in [0.2, 0.25) is 0 Å². The molecule has 108 valence electrons. The highest BCUT2D eigenvalue weighted by molar-refractivity contribution is 5.81. The molecule has 0 atom stereocenters. The normalized spacial score (nSPS) is 10.6. The molecule has 0 aliphatic carbocycles. The lowest BCUT2D eigenvalue weighted by atomic mass is 9.83. The van der Waals surface area contributed by atoms with Gasteiger partial charge in [0.25, 0.3) is 0 Å². The minimum absolute atomic E-state index is 0.0430. The summed E-state index contributed by atoms with van der Waals surface area (Å²) in [6.45, 7) is 5.98. The summed E-state index contributed by atoms with van der Waals surface area (Å²) >= 11 is 0. The predicted molar refractivity (Wildman–Crippen MR) is 68.2 cm³/mol. The first-order chi connectivity index (χ1) is 9.03. The summed E-state index contributed by atoms with van der Waals surface area (Å²) in [5.41, 5.74) is -0.858. The quantitative estimate of drug-likeness (QED) is 0.436. The number of hydrogen-bond acceptors (Lipinski definition) is 6. The van der Waals surface area contributed by atoms with Crippen molar-refractivity contribution in [1.29, 1.82) is 0 Å². The molecule has 0 aromatic carbocycles. The van der Waals surface area contributed by atoms with Gasteiger partial charge in [0.05, 0.1) is 26.4 Å². The second kappa shape index (κ2) is 9.29. The fourth-order valence-electron chi connectivity index (χ4n) is 1.35. The zero-order valence-corrected chi connectivity index (χ0v) is 10.8. The van der Waals surface area contributed by atoms with Crippen LogP contribution in [0.4, 0.5) is 0 Å². The van der Waals surface area contributed by atoms with E-state index in [-0.39, 0.29) is 39.3 Å². The van der Waals surface area contributed by atoms with Crippen molar-refractivity contribution in [3.8, 4) is 0 Å². The fraction of sp³-hybridized carbons (Fsp3) is 0.538. The van der Waals surface area contributed by atoms with Crippen LogP contribution >= 0.6 is 0 Å². The van der Waals surface area contributed by atoms with Gasteiger partial charge in [0.1, 0.15) is 0 Å². The summed E-state index contributed by atoms with van der Waals surface area (Å²) in [5.74, 6) is -1.13. The third-order valence-corrected chi connectivity index (χ3v) is 2.76. The van der Waals surface area contributed by atoms with Gasteiger partial charge in [0, 0.05) is 17.6 Å². The van der Waals surface area contributed by atoms with Crippen molar-refractivity contribution in [2.45, 2.75) is 12.8 Å². The van der Waals surface area contributed by atoms with Crippen molar-refractivity contribution >= 4 is 11.9 Å². The molecule has 0 fully saturated rings. The van der Waals surface area contributed by atoms with Crippen molar-refractivity contribution in [3.05, 3.63) is 25.3 Å². The minimum atomic E-state index is -0.858. The lowest BCUT2D eigenvalue weighted by Gasteiger charge is -2.29. The Hall–Kier alpha value is -1.66. The Labute approximate surface area is 112 Å². The Morgan fingerprint density at radius 2 is 1.32 bits per heavy atom. The summed E-state index contributed by atoms with van der Waals surface area (Å²) in [4.78, 5) is 21.7. The monoisotopic (exact) mass is 272 g/mol. The van der Waals surface area contributed by atoms with Crippen molar-refractivity contribution in [2.75, 3.05) is 26.4 Å².